The van der Waals surface area contributed by atoms with E-state index in [0.717, 1.165) is 28.6 Å². The molecule has 0 N–H and O–H groups in total. The molecule has 0 aliphatic heterocycles. The van der Waals surface area contributed by atoms with E-state index in [1.54, 1.807) is 0 Å². The molecule has 0 amide bonds. The van der Waals surface area contributed by atoms with Gasteiger partial charge in [-0.2, -0.15) is 4.31 Å². The highest BCUT2D eigenvalue weighted by Crippen LogP contribution is 2.32. The van der Waals surface area contributed by atoms with Gasteiger partial charge >= 0.3 is 0 Å². The van der Waals surface area contributed by atoms with Crippen LogP contribution in [0.4, 0.5) is 14.5 Å². The summed E-state index contributed by atoms with van der Waals surface area (Å²) < 4.78 is 52.8. The molecule has 0 fully saturated rings. The summed E-state index contributed by atoms with van der Waals surface area (Å²) in [5.74, 6) is -2.18. The van der Waals surface area contributed by atoms with Gasteiger partial charge in [-0.25, -0.2) is 17.2 Å². The Morgan fingerprint density at radius 2 is 1.80 bits per heavy atom. The van der Waals surface area contributed by atoms with Crippen molar-refractivity contribution in [1.29, 1.82) is 0 Å². The molecule has 2 aromatic rings. The fourth-order valence-corrected chi connectivity index (χ4v) is 3.85. The minimum atomic E-state index is -4.28. The van der Waals surface area contributed by atoms with E-state index in [9.17, 15) is 27.3 Å². The number of nitro groups is 1. The molecule has 0 saturated heterocycles. The summed E-state index contributed by atoms with van der Waals surface area (Å²) in [4.78, 5) is 9.74. The summed E-state index contributed by atoms with van der Waals surface area (Å²) in [6.07, 6.45) is 0. The Morgan fingerprint density at radius 1 is 1.16 bits per heavy atom. The molecule has 0 aromatic heterocycles. The molecule has 134 valence electrons. The standard InChI is InChI=1S/C15H13ClF2N2O4S/c1-9(10-3-5-12(17)13(18)7-10)19(2)25(23,24)15-6-4-11(16)8-14(15)20(21)22/h3-9H,1-2H3. The van der Waals surface area contributed by atoms with E-state index in [4.69, 9.17) is 11.6 Å². The van der Waals surface area contributed by atoms with Gasteiger partial charge in [-0.15, -0.1) is 0 Å². The topological polar surface area (TPSA) is 80.5 Å². The maximum atomic E-state index is 13.4. The first-order valence-electron chi connectivity index (χ1n) is 6.92. The number of hydrogen-bond donors (Lipinski definition) is 0. The molecule has 0 radical (unpaired) electrons. The molecule has 10 heteroatoms. The van der Waals surface area contributed by atoms with Crippen LogP contribution in [0.1, 0.15) is 18.5 Å². The summed E-state index contributed by atoms with van der Waals surface area (Å²) in [6.45, 7) is 1.45. The first-order chi connectivity index (χ1) is 11.6. The van der Waals surface area contributed by atoms with Gasteiger partial charge in [0.25, 0.3) is 5.69 Å². The lowest BCUT2D eigenvalue weighted by molar-refractivity contribution is -0.387. The molecular formula is C15H13ClF2N2O4S. The highest BCUT2D eigenvalue weighted by Gasteiger charge is 2.33. The lowest BCUT2D eigenvalue weighted by atomic mass is 10.1. The van der Waals surface area contributed by atoms with Crippen LogP contribution in [0.25, 0.3) is 0 Å². The molecule has 0 bridgehead atoms. The van der Waals surface area contributed by atoms with Crippen LogP contribution in [-0.4, -0.2) is 24.7 Å². The molecule has 6 nitrogen and oxygen atoms in total. The average molecular weight is 391 g/mol. The zero-order valence-electron chi connectivity index (χ0n) is 13.1. The number of sulfonamides is 1. The van der Waals surface area contributed by atoms with Crippen molar-refractivity contribution < 1.29 is 22.1 Å². The van der Waals surface area contributed by atoms with Crippen molar-refractivity contribution in [2.24, 2.45) is 0 Å². The van der Waals surface area contributed by atoms with Gasteiger partial charge in [0.15, 0.2) is 16.5 Å². The summed E-state index contributed by atoms with van der Waals surface area (Å²) >= 11 is 5.69. The van der Waals surface area contributed by atoms with Crippen molar-refractivity contribution in [2.45, 2.75) is 17.9 Å². The first-order valence-corrected chi connectivity index (χ1v) is 8.74. The molecular weight excluding hydrogens is 378 g/mol. The van der Waals surface area contributed by atoms with E-state index < -0.39 is 43.2 Å². The van der Waals surface area contributed by atoms with Crippen LogP contribution in [0, 0.1) is 21.7 Å². The highest BCUT2D eigenvalue weighted by atomic mass is 35.5. The molecule has 1 atom stereocenters. The molecule has 0 saturated carbocycles. The van der Waals surface area contributed by atoms with Gasteiger partial charge in [0.05, 0.1) is 4.92 Å². The summed E-state index contributed by atoms with van der Waals surface area (Å²) in [7, 11) is -3.09. The predicted octanol–water partition coefficient (Wildman–Crippen LogP) is 3.91. The second-order valence-corrected chi connectivity index (χ2v) is 7.64. The maximum Gasteiger partial charge on any atom is 0.290 e. The Hall–Kier alpha value is -2.10. The molecule has 1 unspecified atom stereocenters. The molecule has 2 aromatic carbocycles. The van der Waals surface area contributed by atoms with Crippen molar-refractivity contribution in [3.05, 3.63) is 68.7 Å². The number of hydrogen-bond acceptors (Lipinski definition) is 4. The van der Waals surface area contributed by atoms with Crippen molar-refractivity contribution in [3.8, 4) is 0 Å². The quantitative estimate of drug-likeness (QED) is 0.572. The number of nitrogens with zero attached hydrogens (tertiary/aromatic N) is 2. The largest absolute Gasteiger partial charge is 0.290 e. The monoisotopic (exact) mass is 390 g/mol. The lowest BCUT2D eigenvalue weighted by Gasteiger charge is -2.24. The Labute approximate surface area is 147 Å². The Bertz CT molecular complexity index is 937. The van der Waals surface area contributed by atoms with Gasteiger partial charge in [-0.1, -0.05) is 17.7 Å². The minimum Gasteiger partial charge on any atom is -0.258 e. The van der Waals surface area contributed by atoms with Crippen molar-refractivity contribution >= 4 is 27.3 Å². The van der Waals surface area contributed by atoms with Crippen LogP contribution >= 0.6 is 11.6 Å². The number of halogens is 3. The fraction of sp³-hybridized carbons (Fsp3) is 0.200. The van der Waals surface area contributed by atoms with Crippen molar-refractivity contribution in [1.82, 2.24) is 4.31 Å². The molecule has 0 aliphatic rings. The predicted molar refractivity (Wildman–Crippen MR) is 87.8 cm³/mol. The third-order valence-electron chi connectivity index (χ3n) is 3.75. The maximum absolute atomic E-state index is 13.4. The van der Waals surface area contributed by atoms with E-state index in [1.165, 1.54) is 26.1 Å². The number of nitro benzene ring substituents is 1. The Balaban J connectivity index is 2.48. The SMILES string of the molecule is CC(c1ccc(F)c(F)c1)N(C)S(=O)(=O)c1ccc(Cl)cc1[N+](=O)[O-]. The second-order valence-electron chi connectivity index (χ2n) is 5.24. The van der Waals surface area contributed by atoms with Crippen LogP contribution in [0.5, 0.6) is 0 Å². The zero-order chi connectivity index (χ0) is 18.9. The molecule has 25 heavy (non-hydrogen) atoms. The van der Waals surface area contributed by atoms with Gasteiger partial charge in [0.2, 0.25) is 10.0 Å². The summed E-state index contributed by atoms with van der Waals surface area (Å²) in [6, 6.07) is 5.29. The van der Waals surface area contributed by atoms with Gasteiger partial charge in [-0.3, -0.25) is 10.1 Å². The smallest absolute Gasteiger partial charge is 0.258 e. The van der Waals surface area contributed by atoms with E-state index >= 15 is 0 Å². The third kappa shape index (κ3) is 3.78. The molecule has 0 aliphatic carbocycles. The first kappa shape index (κ1) is 19.2. The molecule has 0 heterocycles. The van der Waals surface area contributed by atoms with Crippen molar-refractivity contribution in [2.75, 3.05) is 7.05 Å². The highest BCUT2D eigenvalue weighted by molar-refractivity contribution is 7.89. The molecule has 0 spiro atoms. The van der Waals surface area contributed by atoms with Crippen LogP contribution in [0.2, 0.25) is 5.02 Å². The zero-order valence-corrected chi connectivity index (χ0v) is 14.7. The summed E-state index contributed by atoms with van der Waals surface area (Å²) in [5, 5.41) is 11.2. The average Bonchev–Trinajstić information content (AvgIpc) is 2.55. The summed E-state index contributed by atoms with van der Waals surface area (Å²) in [5.41, 5.74) is -0.474. The van der Waals surface area contributed by atoms with Crippen LogP contribution < -0.4 is 0 Å². The van der Waals surface area contributed by atoms with E-state index in [-0.39, 0.29) is 10.6 Å². The van der Waals surface area contributed by atoms with Crippen LogP contribution in [0.3, 0.4) is 0 Å². The van der Waals surface area contributed by atoms with Crippen molar-refractivity contribution in [3.63, 3.8) is 0 Å². The third-order valence-corrected chi connectivity index (χ3v) is 5.96. The van der Waals surface area contributed by atoms with Crippen LogP contribution in [0.15, 0.2) is 41.3 Å². The van der Waals surface area contributed by atoms with Gasteiger partial charge < -0.3 is 0 Å². The second kappa shape index (κ2) is 7.03. The Morgan fingerprint density at radius 3 is 2.36 bits per heavy atom. The molecule has 2 rings (SSSR count). The van der Waals surface area contributed by atoms with Crippen LogP contribution in [-0.2, 0) is 10.0 Å². The number of rotatable bonds is 5. The van der Waals surface area contributed by atoms with Gasteiger partial charge in [-0.05, 0) is 36.8 Å². The van der Waals surface area contributed by atoms with E-state index in [0.29, 0.717) is 0 Å². The van der Waals surface area contributed by atoms with E-state index in [2.05, 4.69) is 0 Å². The van der Waals surface area contributed by atoms with Gasteiger partial charge in [0.1, 0.15) is 0 Å². The normalized spacial score (nSPS) is 13.0. The Kier molecular flexibility index (Phi) is 5.40. The lowest BCUT2D eigenvalue weighted by Crippen LogP contribution is -2.30. The number of benzene rings is 2. The minimum absolute atomic E-state index is 0.0157. The fourth-order valence-electron chi connectivity index (χ4n) is 2.20. The van der Waals surface area contributed by atoms with Gasteiger partial charge in [0, 0.05) is 24.2 Å². The van der Waals surface area contributed by atoms with E-state index in [1.807, 2.05) is 0 Å².